The van der Waals surface area contributed by atoms with Crippen LogP contribution in [0.4, 0.5) is 20.2 Å². The summed E-state index contributed by atoms with van der Waals surface area (Å²) in [6.07, 6.45) is 1.84. The molecule has 1 saturated carbocycles. The monoisotopic (exact) mass is 316 g/mol. The molecule has 2 amide bonds. The number of hydrogen-bond acceptors (Lipinski definition) is 2. The zero-order chi connectivity index (χ0) is 16.4. The van der Waals surface area contributed by atoms with Crippen LogP contribution in [0.25, 0.3) is 0 Å². The Balaban J connectivity index is 1.65. The Labute approximate surface area is 131 Å². The van der Waals surface area contributed by atoms with Crippen LogP contribution in [-0.2, 0) is 4.79 Å². The van der Waals surface area contributed by atoms with E-state index in [1.165, 1.54) is 0 Å². The van der Waals surface area contributed by atoms with E-state index < -0.39 is 17.5 Å². The standard InChI is InChI=1S/C17H14F2N2O2/c18-12-7-11(8-13(19)9-12)17(23)21-15-5-3-14(4-6-15)20-16(22)10-1-2-10/h3-10H,1-2H2,(H,20,22)(H,21,23). The number of benzene rings is 2. The fourth-order valence-corrected chi connectivity index (χ4v) is 2.11. The van der Waals surface area contributed by atoms with Gasteiger partial charge >= 0.3 is 0 Å². The maximum atomic E-state index is 13.1. The lowest BCUT2D eigenvalue weighted by molar-refractivity contribution is -0.117. The quantitative estimate of drug-likeness (QED) is 0.906. The van der Waals surface area contributed by atoms with Crippen molar-refractivity contribution in [3.63, 3.8) is 0 Å². The fraction of sp³-hybridized carbons (Fsp3) is 0.176. The van der Waals surface area contributed by atoms with Crippen molar-refractivity contribution >= 4 is 23.2 Å². The predicted molar refractivity (Wildman–Crippen MR) is 82.1 cm³/mol. The molecule has 1 aliphatic carbocycles. The molecule has 6 heteroatoms. The van der Waals surface area contributed by atoms with Crippen LogP contribution in [0.1, 0.15) is 23.2 Å². The summed E-state index contributed by atoms with van der Waals surface area (Å²) in [6, 6.07) is 9.15. The lowest BCUT2D eigenvalue weighted by Gasteiger charge is -2.08. The topological polar surface area (TPSA) is 58.2 Å². The number of hydrogen-bond donors (Lipinski definition) is 2. The van der Waals surface area contributed by atoms with E-state index in [0.717, 1.165) is 25.0 Å². The summed E-state index contributed by atoms with van der Waals surface area (Å²) in [4.78, 5) is 23.6. The highest BCUT2D eigenvalue weighted by molar-refractivity contribution is 6.04. The van der Waals surface area contributed by atoms with Gasteiger partial charge in [0.1, 0.15) is 11.6 Å². The number of halogens is 2. The largest absolute Gasteiger partial charge is 0.326 e. The molecule has 0 atom stereocenters. The first kappa shape index (κ1) is 15.1. The van der Waals surface area contributed by atoms with Gasteiger partial charge in [0, 0.05) is 28.9 Å². The van der Waals surface area contributed by atoms with Gasteiger partial charge in [0.05, 0.1) is 0 Å². The summed E-state index contributed by atoms with van der Waals surface area (Å²) in [5.41, 5.74) is 0.995. The first-order valence-electron chi connectivity index (χ1n) is 7.19. The number of carbonyl (C=O) groups excluding carboxylic acids is 2. The molecule has 2 aromatic rings. The van der Waals surface area contributed by atoms with E-state index in [4.69, 9.17) is 0 Å². The van der Waals surface area contributed by atoms with Gasteiger partial charge in [-0.05, 0) is 49.2 Å². The van der Waals surface area contributed by atoms with Crippen LogP contribution in [-0.4, -0.2) is 11.8 Å². The van der Waals surface area contributed by atoms with Gasteiger partial charge in [-0.3, -0.25) is 9.59 Å². The molecule has 2 aromatic carbocycles. The van der Waals surface area contributed by atoms with E-state index in [2.05, 4.69) is 10.6 Å². The molecule has 0 aromatic heterocycles. The first-order chi connectivity index (χ1) is 11.0. The summed E-state index contributed by atoms with van der Waals surface area (Å²) >= 11 is 0. The highest BCUT2D eigenvalue weighted by Gasteiger charge is 2.29. The molecule has 0 spiro atoms. The zero-order valence-electron chi connectivity index (χ0n) is 12.1. The van der Waals surface area contributed by atoms with Gasteiger partial charge < -0.3 is 10.6 Å². The smallest absolute Gasteiger partial charge is 0.255 e. The lowest BCUT2D eigenvalue weighted by atomic mass is 10.2. The Bertz CT molecular complexity index is 735. The summed E-state index contributed by atoms with van der Waals surface area (Å²) in [7, 11) is 0. The molecular weight excluding hydrogens is 302 g/mol. The van der Waals surface area contributed by atoms with Crippen LogP contribution >= 0.6 is 0 Å². The normalized spacial score (nSPS) is 13.5. The van der Waals surface area contributed by atoms with Crippen molar-refractivity contribution in [2.45, 2.75) is 12.8 Å². The Kier molecular flexibility index (Phi) is 4.06. The van der Waals surface area contributed by atoms with Crippen molar-refractivity contribution in [1.29, 1.82) is 0 Å². The molecule has 4 nitrogen and oxygen atoms in total. The third kappa shape index (κ3) is 3.91. The lowest BCUT2D eigenvalue weighted by Crippen LogP contribution is -2.14. The van der Waals surface area contributed by atoms with Gasteiger partial charge in [0.15, 0.2) is 0 Å². The fourth-order valence-electron chi connectivity index (χ4n) is 2.11. The molecule has 0 heterocycles. The summed E-state index contributed by atoms with van der Waals surface area (Å²) < 4.78 is 26.2. The van der Waals surface area contributed by atoms with E-state index in [0.29, 0.717) is 17.4 Å². The highest BCUT2D eigenvalue weighted by Crippen LogP contribution is 2.30. The second-order valence-corrected chi connectivity index (χ2v) is 5.45. The number of rotatable bonds is 4. The third-order valence-electron chi connectivity index (χ3n) is 3.48. The van der Waals surface area contributed by atoms with Crippen molar-refractivity contribution in [3.05, 3.63) is 59.7 Å². The van der Waals surface area contributed by atoms with Gasteiger partial charge in [-0.2, -0.15) is 0 Å². The molecule has 1 aliphatic rings. The van der Waals surface area contributed by atoms with Crippen molar-refractivity contribution < 1.29 is 18.4 Å². The molecule has 3 rings (SSSR count). The van der Waals surface area contributed by atoms with Crippen LogP contribution < -0.4 is 10.6 Å². The molecule has 2 N–H and O–H groups in total. The maximum Gasteiger partial charge on any atom is 0.255 e. The minimum atomic E-state index is -0.812. The van der Waals surface area contributed by atoms with E-state index >= 15 is 0 Å². The summed E-state index contributed by atoms with van der Waals surface area (Å²) in [5.74, 6) is -2.13. The van der Waals surface area contributed by atoms with E-state index in [1.54, 1.807) is 24.3 Å². The second kappa shape index (κ2) is 6.16. The van der Waals surface area contributed by atoms with Gasteiger partial charge in [-0.25, -0.2) is 8.78 Å². The predicted octanol–water partition coefficient (Wildman–Crippen LogP) is 3.57. The average Bonchev–Trinajstić information content (AvgIpc) is 3.33. The minimum Gasteiger partial charge on any atom is -0.326 e. The average molecular weight is 316 g/mol. The molecule has 118 valence electrons. The van der Waals surface area contributed by atoms with Crippen molar-refractivity contribution in [2.24, 2.45) is 5.92 Å². The van der Waals surface area contributed by atoms with Crippen molar-refractivity contribution in [2.75, 3.05) is 10.6 Å². The Hall–Kier alpha value is -2.76. The Morgan fingerprint density at radius 3 is 1.91 bits per heavy atom. The van der Waals surface area contributed by atoms with Crippen LogP contribution in [0, 0.1) is 17.6 Å². The van der Waals surface area contributed by atoms with E-state index in [9.17, 15) is 18.4 Å². The number of nitrogens with one attached hydrogen (secondary N) is 2. The maximum absolute atomic E-state index is 13.1. The van der Waals surface area contributed by atoms with Crippen LogP contribution in [0.2, 0.25) is 0 Å². The molecule has 0 saturated heterocycles. The second-order valence-electron chi connectivity index (χ2n) is 5.45. The summed E-state index contributed by atoms with van der Waals surface area (Å²) in [6.45, 7) is 0. The first-order valence-corrected chi connectivity index (χ1v) is 7.19. The molecule has 1 fully saturated rings. The van der Waals surface area contributed by atoms with Crippen molar-refractivity contribution in [1.82, 2.24) is 0 Å². The molecule has 0 aliphatic heterocycles. The Morgan fingerprint density at radius 2 is 1.39 bits per heavy atom. The minimum absolute atomic E-state index is 0.00276. The van der Waals surface area contributed by atoms with Crippen LogP contribution in [0.5, 0.6) is 0 Å². The number of anilines is 2. The van der Waals surface area contributed by atoms with E-state index in [1.807, 2.05) is 0 Å². The van der Waals surface area contributed by atoms with Crippen LogP contribution in [0.3, 0.4) is 0 Å². The van der Waals surface area contributed by atoms with Crippen molar-refractivity contribution in [3.8, 4) is 0 Å². The number of carbonyl (C=O) groups is 2. The molecular formula is C17H14F2N2O2. The molecule has 23 heavy (non-hydrogen) atoms. The highest BCUT2D eigenvalue weighted by atomic mass is 19.1. The molecule has 0 radical (unpaired) electrons. The SMILES string of the molecule is O=C(Nc1ccc(NC(=O)C2CC2)cc1)c1cc(F)cc(F)c1. The molecule has 0 unspecified atom stereocenters. The molecule has 0 bridgehead atoms. The zero-order valence-corrected chi connectivity index (χ0v) is 12.1. The van der Waals surface area contributed by atoms with Gasteiger partial charge in [-0.1, -0.05) is 0 Å². The van der Waals surface area contributed by atoms with Gasteiger partial charge in [-0.15, -0.1) is 0 Å². The van der Waals surface area contributed by atoms with Gasteiger partial charge in [0.2, 0.25) is 5.91 Å². The third-order valence-corrected chi connectivity index (χ3v) is 3.48. The van der Waals surface area contributed by atoms with Crippen LogP contribution in [0.15, 0.2) is 42.5 Å². The summed E-state index contributed by atoms with van der Waals surface area (Å²) in [5, 5.41) is 5.32. The Morgan fingerprint density at radius 1 is 0.870 bits per heavy atom. The van der Waals surface area contributed by atoms with Gasteiger partial charge in [0.25, 0.3) is 5.91 Å². The van der Waals surface area contributed by atoms with E-state index in [-0.39, 0.29) is 17.4 Å². The number of amides is 2.